The zero-order chi connectivity index (χ0) is 17.7. The molecule has 0 aliphatic carbocycles. The van der Waals surface area contributed by atoms with Crippen LogP contribution in [0, 0.1) is 0 Å². The molecule has 0 spiro atoms. The summed E-state index contributed by atoms with van der Waals surface area (Å²) < 4.78 is 0. The van der Waals surface area contributed by atoms with Gasteiger partial charge in [0.2, 0.25) is 5.91 Å². The second kappa shape index (κ2) is 7.77. The lowest BCUT2D eigenvalue weighted by atomic mass is 9.97. The molecule has 0 bridgehead atoms. The number of hydrogen-bond donors (Lipinski definition) is 0. The summed E-state index contributed by atoms with van der Waals surface area (Å²) in [6, 6.07) is 15.6. The average molecular weight is 324 g/mol. The van der Waals surface area contributed by atoms with E-state index in [-0.39, 0.29) is 11.8 Å². The second-order valence-corrected chi connectivity index (χ2v) is 5.94. The molecule has 4 nitrogen and oxygen atoms in total. The minimum atomic E-state index is 0.0133. The first-order chi connectivity index (χ1) is 11.4. The van der Waals surface area contributed by atoms with Crippen molar-refractivity contribution in [3.8, 4) is 11.1 Å². The summed E-state index contributed by atoms with van der Waals surface area (Å²) in [5.74, 6) is 0.0416. The Balaban J connectivity index is 2.39. The number of hydrogen-bond acceptors (Lipinski definition) is 2. The molecule has 24 heavy (non-hydrogen) atoms. The van der Waals surface area contributed by atoms with Crippen LogP contribution < -0.4 is 0 Å². The van der Waals surface area contributed by atoms with E-state index < -0.39 is 0 Å². The van der Waals surface area contributed by atoms with Crippen LogP contribution in [0.25, 0.3) is 11.1 Å². The molecule has 2 aromatic carbocycles. The van der Waals surface area contributed by atoms with E-state index >= 15 is 0 Å². The van der Waals surface area contributed by atoms with Gasteiger partial charge in [-0.05, 0) is 35.7 Å². The van der Waals surface area contributed by atoms with Gasteiger partial charge in [0, 0.05) is 39.7 Å². The molecule has 2 aromatic rings. The maximum Gasteiger partial charge on any atom is 0.254 e. The lowest BCUT2D eigenvalue weighted by Gasteiger charge is -2.18. The molecule has 2 amide bonds. The van der Waals surface area contributed by atoms with Gasteiger partial charge >= 0.3 is 0 Å². The van der Waals surface area contributed by atoms with Gasteiger partial charge in [-0.15, -0.1) is 0 Å². The molecule has 0 atom stereocenters. The first-order valence-corrected chi connectivity index (χ1v) is 8.09. The van der Waals surface area contributed by atoms with Crippen molar-refractivity contribution in [1.29, 1.82) is 0 Å². The van der Waals surface area contributed by atoms with Gasteiger partial charge in [-0.1, -0.05) is 36.4 Å². The van der Waals surface area contributed by atoms with Crippen LogP contribution in [0.3, 0.4) is 0 Å². The highest BCUT2D eigenvalue weighted by Crippen LogP contribution is 2.26. The standard InChI is InChI=1S/C20H24N2O2/c1-5-21(3)20(24)19-12-7-6-11-18(19)17-10-8-9-16(13-17)14-22(4)15(2)23/h6-13H,5,14H2,1-4H3. The van der Waals surface area contributed by atoms with E-state index in [4.69, 9.17) is 0 Å². The summed E-state index contributed by atoms with van der Waals surface area (Å²) in [6.07, 6.45) is 0. The molecular formula is C20H24N2O2. The molecule has 0 saturated heterocycles. The Morgan fingerprint density at radius 3 is 2.33 bits per heavy atom. The summed E-state index contributed by atoms with van der Waals surface area (Å²) in [6.45, 7) is 4.72. The molecule has 0 radical (unpaired) electrons. The first kappa shape index (κ1) is 17.7. The number of rotatable bonds is 5. The fourth-order valence-corrected chi connectivity index (χ4v) is 2.49. The lowest BCUT2D eigenvalue weighted by Crippen LogP contribution is -2.26. The Bertz CT molecular complexity index is 740. The van der Waals surface area contributed by atoms with E-state index in [0.29, 0.717) is 18.7 Å². The number of nitrogens with zero attached hydrogens (tertiary/aromatic N) is 2. The van der Waals surface area contributed by atoms with Crippen LogP contribution in [0.1, 0.15) is 29.8 Å². The van der Waals surface area contributed by atoms with Crippen molar-refractivity contribution >= 4 is 11.8 Å². The van der Waals surface area contributed by atoms with Crippen molar-refractivity contribution in [2.75, 3.05) is 20.6 Å². The summed E-state index contributed by atoms with van der Waals surface area (Å²) in [4.78, 5) is 27.4. The zero-order valence-corrected chi connectivity index (χ0v) is 14.7. The van der Waals surface area contributed by atoms with Crippen molar-refractivity contribution in [3.05, 3.63) is 59.7 Å². The van der Waals surface area contributed by atoms with Crippen molar-refractivity contribution in [2.24, 2.45) is 0 Å². The number of amides is 2. The predicted octanol–water partition coefficient (Wildman–Crippen LogP) is 3.42. The van der Waals surface area contributed by atoms with Crippen LogP contribution in [0.2, 0.25) is 0 Å². The quantitative estimate of drug-likeness (QED) is 0.845. The Kier molecular flexibility index (Phi) is 5.74. The topological polar surface area (TPSA) is 40.6 Å². The van der Waals surface area contributed by atoms with Gasteiger partial charge in [-0.2, -0.15) is 0 Å². The molecule has 4 heteroatoms. The molecule has 0 fully saturated rings. The molecule has 0 saturated carbocycles. The molecule has 0 N–H and O–H groups in total. The van der Waals surface area contributed by atoms with Crippen molar-refractivity contribution in [1.82, 2.24) is 9.80 Å². The number of carbonyl (C=O) groups is 2. The van der Waals surface area contributed by atoms with E-state index in [0.717, 1.165) is 16.7 Å². The highest BCUT2D eigenvalue weighted by molar-refractivity contribution is 6.00. The maximum absolute atomic E-state index is 12.6. The highest BCUT2D eigenvalue weighted by Gasteiger charge is 2.15. The van der Waals surface area contributed by atoms with Gasteiger partial charge < -0.3 is 9.80 Å². The summed E-state index contributed by atoms with van der Waals surface area (Å²) >= 11 is 0. The van der Waals surface area contributed by atoms with Gasteiger partial charge in [-0.25, -0.2) is 0 Å². The minimum Gasteiger partial charge on any atom is -0.342 e. The fraction of sp³-hybridized carbons (Fsp3) is 0.300. The van der Waals surface area contributed by atoms with Crippen molar-refractivity contribution in [2.45, 2.75) is 20.4 Å². The molecule has 0 unspecified atom stereocenters. The van der Waals surface area contributed by atoms with Crippen LogP contribution in [0.15, 0.2) is 48.5 Å². The zero-order valence-electron chi connectivity index (χ0n) is 14.7. The molecule has 0 heterocycles. The van der Waals surface area contributed by atoms with E-state index in [1.807, 2.05) is 55.5 Å². The average Bonchev–Trinajstić information content (AvgIpc) is 2.60. The Hall–Kier alpha value is -2.62. The lowest BCUT2D eigenvalue weighted by molar-refractivity contribution is -0.128. The smallest absolute Gasteiger partial charge is 0.254 e. The predicted molar refractivity (Wildman–Crippen MR) is 96.7 cm³/mol. The monoisotopic (exact) mass is 324 g/mol. The molecule has 0 aliphatic heterocycles. The molecular weight excluding hydrogens is 300 g/mol. The third-order valence-corrected chi connectivity index (χ3v) is 4.17. The Morgan fingerprint density at radius 1 is 0.958 bits per heavy atom. The van der Waals surface area contributed by atoms with Crippen LogP contribution in [-0.4, -0.2) is 42.3 Å². The second-order valence-electron chi connectivity index (χ2n) is 5.94. The van der Waals surface area contributed by atoms with Gasteiger partial charge in [0.05, 0.1) is 0 Å². The van der Waals surface area contributed by atoms with Crippen LogP contribution in [-0.2, 0) is 11.3 Å². The fourth-order valence-electron chi connectivity index (χ4n) is 2.49. The molecule has 2 rings (SSSR count). The Morgan fingerprint density at radius 2 is 1.67 bits per heavy atom. The number of benzene rings is 2. The number of carbonyl (C=O) groups excluding carboxylic acids is 2. The largest absolute Gasteiger partial charge is 0.342 e. The SMILES string of the molecule is CCN(C)C(=O)c1ccccc1-c1cccc(CN(C)C(C)=O)c1. The van der Waals surface area contributed by atoms with E-state index in [9.17, 15) is 9.59 Å². The summed E-state index contributed by atoms with van der Waals surface area (Å²) in [5, 5.41) is 0. The van der Waals surface area contributed by atoms with Crippen LogP contribution in [0.4, 0.5) is 0 Å². The highest BCUT2D eigenvalue weighted by atomic mass is 16.2. The van der Waals surface area contributed by atoms with Gasteiger partial charge in [-0.3, -0.25) is 9.59 Å². The minimum absolute atomic E-state index is 0.0133. The third kappa shape index (κ3) is 4.02. The Labute approximate surface area is 143 Å². The maximum atomic E-state index is 12.6. The van der Waals surface area contributed by atoms with E-state index in [2.05, 4.69) is 0 Å². The molecule has 0 aliphatic rings. The summed E-state index contributed by atoms with van der Waals surface area (Å²) in [5.41, 5.74) is 3.63. The first-order valence-electron chi connectivity index (χ1n) is 8.09. The van der Waals surface area contributed by atoms with Crippen LogP contribution in [0.5, 0.6) is 0 Å². The normalized spacial score (nSPS) is 10.3. The van der Waals surface area contributed by atoms with E-state index in [1.165, 1.54) is 0 Å². The van der Waals surface area contributed by atoms with Crippen molar-refractivity contribution in [3.63, 3.8) is 0 Å². The van der Waals surface area contributed by atoms with Gasteiger partial charge in [0.15, 0.2) is 0 Å². The van der Waals surface area contributed by atoms with Crippen molar-refractivity contribution < 1.29 is 9.59 Å². The summed E-state index contributed by atoms with van der Waals surface area (Å²) in [7, 11) is 3.58. The molecule has 126 valence electrons. The van der Waals surface area contributed by atoms with Gasteiger partial charge in [0.25, 0.3) is 5.91 Å². The third-order valence-electron chi connectivity index (χ3n) is 4.17. The molecule has 0 aromatic heterocycles. The van der Waals surface area contributed by atoms with Gasteiger partial charge in [0.1, 0.15) is 0 Å². The van der Waals surface area contributed by atoms with Crippen LogP contribution >= 0.6 is 0 Å². The van der Waals surface area contributed by atoms with E-state index in [1.54, 1.807) is 30.8 Å².